The molecule has 0 radical (unpaired) electrons. The van der Waals surface area contributed by atoms with Gasteiger partial charge in [0.1, 0.15) is 0 Å². The molecule has 128 valence electrons. The molecule has 4 rings (SSSR count). The van der Waals surface area contributed by atoms with Gasteiger partial charge in [0.15, 0.2) is 0 Å². The van der Waals surface area contributed by atoms with Crippen LogP contribution in [0.25, 0.3) is 22.4 Å². The summed E-state index contributed by atoms with van der Waals surface area (Å²) in [6, 6.07) is 15.7. The molecule has 0 spiro atoms. The van der Waals surface area contributed by atoms with Crippen LogP contribution in [0.15, 0.2) is 76.2 Å². The maximum absolute atomic E-state index is 12.5. The zero-order valence-electron chi connectivity index (χ0n) is 13.9. The van der Waals surface area contributed by atoms with Gasteiger partial charge in [-0.25, -0.2) is 0 Å². The van der Waals surface area contributed by atoms with Crippen molar-refractivity contribution in [2.45, 2.75) is 6.54 Å². The van der Waals surface area contributed by atoms with Crippen molar-refractivity contribution in [3.8, 4) is 22.4 Å². The van der Waals surface area contributed by atoms with Crippen molar-refractivity contribution in [1.29, 1.82) is 0 Å². The number of nitrogens with one attached hydrogen (secondary N) is 1. The molecule has 0 unspecified atom stereocenters. The number of amides is 1. The monoisotopic (exact) mass is 376 g/mol. The number of thiophene rings is 2. The molecule has 1 amide bonds. The first-order chi connectivity index (χ1) is 12.8. The van der Waals surface area contributed by atoms with Gasteiger partial charge in [-0.1, -0.05) is 18.2 Å². The Morgan fingerprint density at radius 1 is 0.885 bits per heavy atom. The lowest BCUT2D eigenvalue weighted by atomic mass is 10.1. The van der Waals surface area contributed by atoms with E-state index in [1.165, 1.54) is 5.56 Å². The first kappa shape index (κ1) is 16.7. The lowest BCUT2D eigenvalue weighted by Crippen LogP contribution is -2.23. The summed E-state index contributed by atoms with van der Waals surface area (Å²) in [6.45, 7) is 0.449. The molecule has 0 fully saturated rings. The van der Waals surface area contributed by atoms with E-state index in [0.29, 0.717) is 12.1 Å². The second kappa shape index (κ2) is 7.64. The second-order valence-corrected chi connectivity index (χ2v) is 7.36. The minimum absolute atomic E-state index is 0.0815. The molecule has 0 aliphatic rings. The minimum Gasteiger partial charge on any atom is -0.348 e. The van der Waals surface area contributed by atoms with Gasteiger partial charge >= 0.3 is 0 Å². The van der Waals surface area contributed by atoms with Crippen LogP contribution in [-0.2, 0) is 6.54 Å². The number of benzene rings is 1. The van der Waals surface area contributed by atoms with Crippen LogP contribution < -0.4 is 5.32 Å². The van der Waals surface area contributed by atoms with Gasteiger partial charge in [-0.3, -0.25) is 9.78 Å². The van der Waals surface area contributed by atoms with E-state index in [4.69, 9.17) is 0 Å². The predicted molar refractivity (Wildman–Crippen MR) is 108 cm³/mol. The Morgan fingerprint density at radius 2 is 1.62 bits per heavy atom. The molecule has 4 aromatic rings. The minimum atomic E-state index is -0.0815. The highest BCUT2D eigenvalue weighted by Crippen LogP contribution is 2.24. The molecule has 0 aliphatic carbocycles. The molecule has 3 aromatic heterocycles. The Kier molecular flexibility index (Phi) is 4.91. The largest absolute Gasteiger partial charge is 0.348 e. The van der Waals surface area contributed by atoms with E-state index in [9.17, 15) is 4.79 Å². The van der Waals surface area contributed by atoms with Crippen molar-refractivity contribution in [2.75, 3.05) is 0 Å². The third kappa shape index (κ3) is 3.59. The smallest absolute Gasteiger partial charge is 0.251 e. The summed E-state index contributed by atoms with van der Waals surface area (Å²) in [5.41, 5.74) is 5.97. The number of rotatable bonds is 5. The number of nitrogens with zero attached hydrogens (tertiary/aromatic N) is 1. The number of pyridine rings is 1. The Bertz CT molecular complexity index is 991. The third-order valence-electron chi connectivity index (χ3n) is 4.13. The summed E-state index contributed by atoms with van der Waals surface area (Å²) in [5.74, 6) is -0.0815. The van der Waals surface area contributed by atoms with Crippen molar-refractivity contribution in [3.05, 3.63) is 87.4 Å². The number of aromatic nitrogens is 1. The quantitative estimate of drug-likeness (QED) is 0.502. The lowest BCUT2D eigenvalue weighted by molar-refractivity contribution is 0.0951. The summed E-state index contributed by atoms with van der Waals surface area (Å²) in [5, 5.41) is 11.2. The Labute approximate surface area is 160 Å². The van der Waals surface area contributed by atoms with Crippen molar-refractivity contribution >= 4 is 28.6 Å². The molecule has 1 aromatic carbocycles. The average molecular weight is 377 g/mol. The fourth-order valence-corrected chi connectivity index (χ4v) is 4.07. The zero-order valence-corrected chi connectivity index (χ0v) is 15.5. The van der Waals surface area contributed by atoms with E-state index in [-0.39, 0.29) is 5.91 Å². The van der Waals surface area contributed by atoms with Gasteiger partial charge in [0.05, 0.1) is 5.69 Å². The molecule has 0 saturated heterocycles. The molecule has 3 heterocycles. The van der Waals surface area contributed by atoms with Crippen molar-refractivity contribution < 1.29 is 4.79 Å². The van der Waals surface area contributed by atoms with Crippen LogP contribution in [0.5, 0.6) is 0 Å². The van der Waals surface area contributed by atoms with Crippen LogP contribution >= 0.6 is 22.7 Å². The van der Waals surface area contributed by atoms with E-state index >= 15 is 0 Å². The molecular formula is C21H16N2OS2. The molecular weight excluding hydrogens is 360 g/mol. The Balaban J connectivity index is 1.46. The maximum atomic E-state index is 12.5. The molecule has 5 heteroatoms. The van der Waals surface area contributed by atoms with Gasteiger partial charge in [-0.05, 0) is 63.2 Å². The fourth-order valence-electron chi connectivity index (χ4n) is 2.76. The summed E-state index contributed by atoms with van der Waals surface area (Å²) in [7, 11) is 0. The standard InChI is InChI=1S/C21H16N2OS2/c24-21(16-5-3-15(4-6-16)18-7-10-25-13-18)23-12-17-2-1-9-22-20(17)19-8-11-26-14-19/h1-11,13-14H,12H2,(H,23,24). The number of hydrogen-bond donors (Lipinski definition) is 1. The third-order valence-corrected chi connectivity index (χ3v) is 5.49. The van der Waals surface area contributed by atoms with E-state index in [0.717, 1.165) is 22.4 Å². The van der Waals surface area contributed by atoms with Crippen LogP contribution in [0.4, 0.5) is 0 Å². The van der Waals surface area contributed by atoms with Crippen molar-refractivity contribution in [2.24, 2.45) is 0 Å². The van der Waals surface area contributed by atoms with Gasteiger partial charge in [0, 0.05) is 29.2 Å². The molecule has 0 aliphatic heterocycles. The maximum Gasteiger partial charge on any atom is 0.251 e. The van der Waals surface area contributed by atoms with Crippen LogP contribution in [-0.4, -0.2) is 10.9 Å². The van der Waals surface area contributed by atoms with Gasteiger partial charge in [-0.15, -0.1) is 0 Å². The summed E-state index contributed by atoms with van der Waals surface area (Å²) in [4.78, 5) is 17.0. The number of carbonyl (C=O) groups is 1. The normalized spacial score (nSPS) is 10.6. The first-order valence-electron chi connectivity index (χ1n) is 8.18. The molecule has 0 bridgehead atoms. The molecule has 26 heavy (non-hydrogen) atoms. The molecule has 1 N–H and O–H groups in total. The zero-order chi connectivity index (χ0) is 17.8. The fraction of sp³-hybridized carbons (Fsp3) is 0.0476. The first-order valence-corrected chi connectivity index (χ1v) is 10.1. The second-order valence-electron chi connectivity index (χ2n) is 5.80. The molecule has 0 atom stereocenters. The van der Waals surface area contributed by atoms with Gasteiger partial charge in [-0.2, -0.15) is 22.7 Å². The van der Waals surface area contributed by atoms with E-state index in [2.05, 4.69) is 32.5 Å². The summed E-state index contributed by atoms with van der Waals surface area (Å²) in [6.07, 6.45) is 1.78. The molecule has 0 saturated carbocycles. The van der Waals surface area contributed by atoms with Crippen LogP contribution in [0.1, 0.15) is 15.9 Å². The van der Waals surface area contributed by atoms with E-state index in [1.54, 1.807) is 28.9 Å². The van der Waals surface area contributed by atoms with E-state index < -0.39 is 0 Å². The SMILES string of the molecule is O=C(NCc1cccnc1-c1ccsc1)c1ccc(-c2ccsc2)cc1. The van der Waals surface area contributed by atoms with Crippen LogP contribution in [0.2, 0.25) is 0 Å². The van der Waals surface area contributed by atoms with Gasteiger partial charge in [0.2, 0.25) is 0 Å². The number of hydrogen-bond acceptors (Lipinski definition) is 4. The Morgan fingerprint density at radius 3 is 2.31 bits per heavy atom. The highest BCUT2D eigenvalue weighted by atomic mass is 32.1. The van der Waals surface area contributed by atoms with Gasteiger partial charge in [0.25, 0.3) is 5.91 Å². The highest BCUT2D eigenvalue weighted by Gasteiger charge is 2.10. The van der Waals surface area contributed by atoms with Crippen molar-refractivity contribution in [3.63, 3.8) is 0 Å². The molecule has 3 nitrogen and oxygen atoms in total. The topological polar surface area (TPSA) is 42.0 Å². The Hall–Kier alpha value is -2.76. The lowest BCUT2D eigenvalue weighted by Gasteiger charge is -2.09. The highest BCUT2D eigenvalue weighted by molar-refractivity contribution is 7.08. The average Bonchev–Trinajstić information content (AvgIpc) is 3.40. The van der Waals surface area contributed by atoms with Crippen molar-refractivity contribution in [1.82, 2.24) is 10.3 Å². The number of carbonyl (C=O) groups excluding carboxylic acids is 1. The van der Waals surface area contributed by atoms with Gasteiger partial charge < -0.3 is 5.32 Å². The summed E-state index contributed by atoms with van der Waals surface area (Å²) < 4.78 is 0. The summed E-state index contributed by atoms with van der Waals surface area (Å²) >= 11 is 3.30. The predicted octanol–water partition coefficient (Wildman–Crippen LogP) is 5.47. The van der Waals surface area contributed by atoms with Crippen LogP contribution in [0, 0.1) is 0 Å². The van der Waals surface area contributed by atoms with Crippen LogP contribution in [0.3, 0.4) is 0 Å². The van der Waals surface area contributed by atoms with E-state index in [1.807, 2.05) is 47.8 Å².